The van der Waals surface area contributed by atoms with Gasteiger partial charge in [0.1, 0.15) is 0 Å². The quantitative estimate of drug-likeness (QED) is 0.851. The van der Waals surface area contributed by atoms with Gasteiger partial charge in [-0.2, -0.15) is 0 Å². The number of carbonyl (C=O) groups excluding carboxylic acids is 2. The third-order valence-corrected chi connectivity index (χ3v) is 7.62. The molecule has 4 bridgehead atoms. The first kappa shape index (κ1) is 17.3. The molecule has 6 rings (SSSR count). The van der Waals surface area contributed by atoms with Crippen LogP contribution in [0.5, 0.6) is 0 Å². The highest BCUT2D eigenvalue weighted by molar-refractivity contribution is 5.97. The van der Waals surface area contributed by atoms with E-state index >= 15 is 0 Å². The van der Waals surface area contributed by atoms with Gasteiger partial charge in [0.25, 0.3) is 5.91 Å². The van der Waals surface area contributed by atoms with Crippen LogP contribution in [0.1, 0.15) is 68.1 Å². The van der Waals surface area contributed by atoms with Gasteiger partial charge in [0.15, 0.2) is 0 Å². The van der Waals surface area contributed by atoms with Crippen LogP contribution in [0.15, 0.2) is 24.3 Å². The minimum absolute atomic E-state index is 0.0130. The second-order valence-electron chi connectivity index (χ2n) is 9.62. The molecule has 0 unspecified atom stereocenters. The van der Waals surface area contributed by atoms with Gasteiger partial charge in [-0.15, -0.1) is 0 Å². The average Bonchev–Trinajstić information content (AvgIpc) is 3.06. The molecule has 1 heterocycles. The Bertz CT molecular complexity index is 704. The Balaban J connectivity index is 1.16. The average molecular weight is 367 g/mol. The normalized spacial score (nSPS) is 34.3. The highest BCUT2D eigenvalue weighted by atomic mass is 16.2. The van der Waals surface area contributed by atoms with Crippen LogP contribution in [0.4, 0.5) is 5.69 Å². The Kier molecular flexibility index (Phi) is 4.25. The first-order chi connectivity index (χ1) is 13.1. The van der Waals surface area contributed by atoms with Crippen LogP contribution >= 0.6 is 0 Å². The zero-order chi connectivity index (χ0) is 18.4. The Morgan fingerprint density at radius 1 is 1.04 bits per heavy atom. The first-order valence-electron chi connectivity index (χ1n) is 10.8. The van der Waals surface area contributed by atoms with Crippen molar-refractivity contribution in [1.29, 1.82) is 0 Å². The molecule has 1 saturated heterocycles. The maximum Gasteiger partial charge on any atom is 0.251 e. The third kappa shape index (κ3) is 3.28. The smallest absolute Gasteiger partial charge is 0.251 e. The van der Waals surface area contributed by atoms with Crippen LogP contribution in [0.25, 0.3) is 0 Å². The number of carbonyl (C=O) groups is 2. The third-order valence-electron chi connectivity index (χ3n) is 7.62. The molecule has 1 N–H and O–H groups in total. The van der Waals surface area contributed by atoms with Gasteiger partial charge in [-0.1, -0.05) is 0 Å². The van der Waals surface area contributed by atoms with Crippen LogP contribution in [0, 0.1) is 23.2 Å². The standard InChI is InChI=1S/C23H30N2O2/c26-21-2-1-9-25(21)20-5-3-19(4-6-20)22(27)24-8-7-23-13-16-10-17(14-23)12-18(11-16)15-23/h3-6,16-18H,1-2,7-15H2,(H,24,27). The summed E-state index contributed by atoms with van der Waals surface area (Å²) in [5.41, 5.74) is 2.11. The van der Waals surface area contributed by atoms with Crippen molar-refractivity contribution in [1.82, 2.24) is 5.32 Å². The van der Waals surface area contributed by atoms with E-state index in [0.717, 1.165) is 49.4 Å². The molecule has 2 amide bonds. The zero-order valence-electron chi connectivity index (χ0n) is 16.1. The van der Waals surface area contributed by atoms with Gasteiger partial charge in [0.2, 0.25) is 5.91 Å². The summed E-state index contributed by atoms with van der Waals surface area (Å²) in [4.78, 5) is 26.2. The minimum atomic E-state index is 0.0130. The van der Waals surface area contributed by atoms with Crippen molar-refractivity contribution in [2.75, 3.05) is 18.0 Å². The summed E-state index contributed by atoms with van der Waals surface area (Å²) in [6, 6.07) is 7.50. The molecule has 0 atom stereocenters. The molecule has 5 fully saturated rings. The molecular weight excluding hydrogens is 336 g/mol. The summed E-state index contributed by atoms with van der Waals surface area (Å²) in [5.74, 6) is 3.09. The zero-order valence-corrected chi connectivity index (χ0v) is 16.1. The van der Waals surface area contributed by atoms with Crippen molar-refractivity contribution in [2.45, 2.75) is 57.8 Å². The van der Waals surface area contributed by atoms with Crippen LogP contribution in [-0.4, -0.2) is 24.9 Å². The Morgan fingerprint density at radius 2 is 1.67 bits per heavy atom. The lowest BCUT2D eigenvalue weighted by atomic mass is 9.49. The lowest BCUT2D eigenvalue weighted by Gasteiger charge is -2.57. The number of rotatable bonds is 5. The molecule has 0 radical (unpaired) electrons. The van der Waals surface area contributed by atoms with E-state index < -0.39 is 0 Å². The number of anilines is 1. The van der Waals surface area contributed by atoms with Crippen LogP contribution in [-0.2, 0) is 4.79 Å². The van der Waals surface area contributed by atoms with E-state index in [2.05, 4.69) is 5.32 Å². The fourth-order valence-corrected chi connectivity index (χ4v) is 6.85. The van der Waals surface area contributed by atoms with Gasteiger partial charge >= 0.3 is 0 Å². The van der Waals surface area contributed by atoms with E-state index in [1.54, 1.807) is 0 Å². The summed E-state index contributed by atoms with van der Waals surface area (Å²) >= 11 is 0. The fourth-order valence-electron chi connectivity index (χ4n) is 6.85. The summed E-state index contributed by atoms with van der Waals surface area (Å²) in [6.07, 6.45) is 11.3. The van der Waals surface area contributed by atoms with Crippen molar-refractivity contribution in [3.05, 3.63) is 29.8 Å². The van der Waals surface area contributed by atoms with Crippen molar-refractivity contribution < 1.29 is 9.59 Å². The molecule has 4 nitrogen and oxygen atoms in total. The lowest BCUT2D eigenvalue weighted by Crippen LogP contribution is -2.47. The molecule has 5 aliphatic rings. The Labute approximate surface area is 161 Å². The van der Waals surface area contributed by atoms with Crippen LogP contribution in [0.2, 0.25) is 0 Å². The molecule has 4 heteroatoms. The minimum Gasteiger partial charge on any atom is -0.352 e. The molecule has 144 valence electrons. The van der Waals surface area contributed by atoms with Crippen molar-refractivity contribution >= 4 is 17.5 Å². The fraction of sp³-hybridized carbons (Fsp3) is 0.652. The van der Waals surface area contributed by atoms with Gasteiger partial charge in [-0.3, -0.25) is 9.59 Å². The summed E-state index contributed by atoms with van der Waals surface area (Å²) in [7, 11) is 0. The van der Waals surface area contributed by atoms with Crippen molar-refractivity contribution in [3.8, 4) is 0 Å². The van der Waals surface area contributed by atoms with E-state index in [1.807, 2.05) is 29.2 Å². The molecule has 0 spiro atoms. The number of benzene rings is 1. The maximum atomic E-state index is 12.5. The summed E-state index contributed by atoms with van der Waals surface area (Å²) in [5, 5.41) is 3.15. The predicted molar refractivity (Wildman–Crippen MR) is 106 cm³/mol. The van der Waals surface area contributed by atoms with Gasteiger partial charge < -0.3 is 10.2 Å². The molecule has 0 aromatic heterocycles. The first-order valence-corrected chi connectivity index (χ1v) is 10.8. The number of hydrogen-bond acceptors (Lipinski definition) is 2. The van der Waals surface area contributed by atoms with Crippen LogP contribution < -0.4 is 10.2 Å². The second-order valence-corrected chi connectivity index (χ2v) is 9.62. The molecule has 27 heavy (non-hydrogen) atoms. The van der Waals surface area contributed by atoms with E-state index in [-0.39, 0.29) is 11.8 Å². The number of nitrogens with one attached hydrogen (secondary N) is 1. The number of amides is 2. The van der Waals surface area contributed by atoms with E-state index in [0.29, 0.717) is 17.4 Å². The van der Waals surface area contributed by atoms with Crippen molar-refractivity contribution in [2.24, 2.45) is 23.2 Å². The molecule has 4 saturated carbocycles. The lowest BCUT2D eigenvalue weighted by molar-refractivity contribution is -0.117. The molecule has 1 aromatic carbocycles. The van der Waals surface area contributed by atoms with Crippen molar-refractivity contribution in [3.63, 3.8) is 0 Å². The summed E-state index contributed by atoms with van der Waals surface area (Å²) in [6.45, 7) is 1.58. The number of nitrogens with zero attached hydrogens (tertiary/aromatic N) is 1. The Hall–Kier alpha value is -1.84. The molecule has 4 aliphatic carbocycles. The van der Waals surface area contributed by atoms with Gasteiger partial charge in [0.05, 0.1) is 0 Å². The van der Waals surface area contributed by atoms with Crippen LogP contribution in [0.3, 0.4) is 0 Å². The largest absolute Gasteiger partial charge is 0.352 e. The number of hydrogen-bond donors (Lipinski definition) is 1. The van der Waals surface area contributed by atoms with Gasteiger partial charge in [0, 0.05) is 30.8 Å². The van der Waals surface area contributed by atoms with E-state index in [4.69, 9.17) is 0 Å². The molecule has 1 aliphatic heterocycles. The van der Waals surface area contributed by atoms with E-state index in [9.17, 15) is 9.59 Å². The predicted octanol–water partition coefficient (Wildman–Crippen LogP) is 4.15. The maximum absolute atomic E-state index is 12.5. The topological polar surface area (TPSA) is 49.4 Å². The second kappa shape index (κ2) is 6.65. The highest BCUT2D eigenvalue weighted by Gasteiger charge is 2.50. The van der Waals surface area contributed by atoms with E-state index in [1.165, 1.54) is 38.5 Å². The van der Waals surface area contributed by atoms with Gasteiger partial charge in [-0.25, -0.2) is 0 Å². The SMILES string of the molecule is O=C(NCCC12CC3CC(CC(C3)C1)C2)c1ccc(N2CCCC2=O)cc1. The Morgan fingerprint density at radius 3 is 2.22 bits per heavy atom. The molecular formula is C23H30N2O2. The van der Waals surface area contributed by atoms with Gasteiger partial charge in [-0.05, 0) is 98.8 Å². The highest BCUT2D eigenvalue weighted by Crippen LogP contribution is 2.61. The molecule has 1 aromatic rings. The monoisotopic (exact) mass is 366 g/mol. The summed E-state index contributed by atoms with van der Waals surface area (Å²) < 4.78 is 0.